The van der Waals surface area contributed by atoms with Gasteiger partial charge in [-0.05, 0) is 24.3 Å². The van der Waals surface area contributed by atoms with Crippen LogP contribution in [0.1, 0.15) is 0 Å². The quantitative estimate of drug-likeness (QED) is 0.451. The molecular weight excluding hydrogens is 374 g/mol. The van der Waals surface area contributed by atoms with Crippen LogP contribution >= 0.6 is 46.4 Å². The minimum atomic E-state index is 0.0321. The number of rotatable bonds is 8. The van der Waals surface area contributed by atoms with Gasteiger partial charge in [0.2, 0.25) is 0 Å². The summed E-state index contributed by atoms with van der Waals surface area (Å²) in [6, 6.07) is 6.30. The first-order chi connectivity index (χ1) is 10.5. The summed E-state index contributed by atoms with van der Waals surface area (Å²) in [7, 11) is 0. The topological polar surface area (TPSA) is 65.3 Å². The smallest absolute Gasteiger partial charge is 0.0813 e. The molecule has 0 N–H and O–H groups in total. The summed E-state index contributed by atoms with van der Waals surface area (Å²) in [5.41, 5.74) is 3.24. The number of nitrogens with zero attached hydrogens (tertiary/aromatic N) is 4. The lowest BCUT2D eigenvalue weighted by atomic mass is 10.2. The summed E-state index contributed by atoms with van der Waals surface area (Å²) in [4.78, 5) is 21.7. The van der Waals surface area contributed by atoms with Crippen LogP contribution in [0, 0.1) is 9.81 Å². The van der Waals surface area contributed by atoms with E-state index in [4.69, 9.17) is 46.4 Å². The first-order valence-electron chi connectivity index (χ1n) is 5.77. The van der Waals surface area contributed by atoms with Crippen LogP contribution in [0.2, 0.25) is 0 Å². The summed E-state index contributed by atoms with van der Waals surface area (Å²) in [5, 5.41) is 8.42. The molecule has 1 aromatic carbocycles. The van der Waals surface area contributed by atoms with Gasteiger partial charge in [-0.3, -0.25) is 0 Å². The Labute approximate surface area is 146 Å². The Hall–Kier alpha value is -1.34. The van der Waals surface area contributed by atoms with Crippen LogP contribution in [0.25, 0.3) is 0 Å². The van der Waals surface area contributed by atoms with Gasteiger partial charge in [-0.1, -0.05) is 46.4 Å². The van der Waals surface area contributed by atoms with Gasteiger partial charge < -0.3 is 0 Å². The summed E-state index contributed by atoms with van der Waals surface area (Å²) < 4.78 is 0. The zero-order chi connectivity index (χ0) is 16.5. The third-order valence-corrected chi connectivity index (χ3v) is 3.69. The number of nitroso groups, excluding NO2 is 2. The van der Waals surface area contributed by atoms with E-state index in [9.17, 15) is 9.81 Å². The van der Waals surface area contributed by atoms with Crippen molar-refractivity contribution in [1.82, 2.24) is 0 Å². The van der Waals surface area contributed by atoms with Crippen molar-refractivity contribution in [2.45, 2.75) is 0 Å². The van der Waals surface area contributed by atoms with Gasteiger partial charge in [0.15, 0.2) is 0 Å². The molecule has 0 atom stereocenters. The fourth-order valence-electron chi connectivity index (χ4n) is 1.49. The standard InChI is InChI=1S/C12H10Cl4N4O2/c13-5-9(15)7-19(17-21)11-1-2-12(4-3-11)20(18-22)8-10(16)6-14/h1-6H,7-8H2. The molecule has 0 unspecified atom stereocenters. The predicted molar refractivity (Wildman–Crippen MR) is 92.3 cm³/mol. The fourth-order valence-corrected chi connectivity index (χ4v) is 1.85. The van der Waals surface area contributed by atoms with Crippen LogP contribution in [-0.2, 0) is 0 Å². The highest BCUT2D eigenvalue weighted by atomic mass is 35.5. The van der Waals surface area contributed by atoms with E-state index in [0.29, 0.717) is 11.4 Å². The first-order valence-corrected chi connectivity index (χ1v) is 7.39. The minimum absolute atomic E-state index is 0.0321. The second kappa shape index (κ2) is 9.63. The highest BCUT2D eigenvalue weighted by Crippen LogP contribution is 2.24. The number of anilines is 2. The molecule has 0 fully saturated rings. The maximum atomic E-state index is 10.8. The molecule has 22 heavy (non-hydrogen) atoms. The van der Waals surface area contributed by atoms with Crippen molar-refractivity contribution in [1.29, 1.82) is 0 Å². The maximum absolute atomic E-state index is 10.8. The Kier molecular flexibility index (Phi) is 8.19. The summed E-state index contributed by atoms with van der Waals surface area (Å²) >= 11 is 22.4. The fraction of sp³-hybridized carbons (Fsp3) is 0.167. The van der Waals surface area contributed by atoms with E-state index in [1.165, 1.54) is 0 Å². The number of benzene rings is 1. The molecule has 118 valence electrons. The molecule has 1 aromatic rings. The molecular formula is C12H10Cl4N4O2. The molecule has 6 nitrogen and oxygen atoms in total. The van der Waals surface area contributed by atoms with E-state index in [0.717, 1.165) is 21.1 Å². The van der Waals surface area contributed by atoms with Gasteiger partial charge in [0.25, 0.3) is 0 Å². The molecule has 0 amide bonds. The molecule has 0 bridgehead atoms. The van der Waals surface area contributed by atoms with E-state index in [1.54, 1.807) is 24.3 Å². The van der Waals surface area contributed by atoms with E-state index >= 15 is 0 Å². The third-order valence-electron chi connectivity index (χ3n) is 2.48. The lowest BCUT2D eigenvalue weighted by molar-refractivity contribution is 0.911. The lowest BCUT2D eigenvalue weighted by Gasteiger charge is -2.17. The normalized spacial score (nSPS) is 12.0. The van der Waals surface area contributed by atoms with Crippen molar-refractivity contribution in [2.75, 3.05) is 23.1 Å². The Morgan fingerprint density at radius 2 is 1.18 bits per heavy atom. The molecule has 0 heterocycles. The van der Waals surface area contributed by atoms with E-state index < -0.39 is 0 Å². The van der Waals surface area contributed by atoms with Gasteiger partial charge in [0.1, 0.15) is 0 Å². The van der Waals surface area contributed by atoms with E-state index in [1.807, 2.05) is 0 Å². The number of halogens is 4. The highest BCUT2D eigenvalue weighted by molar-refractivity contribution is 6.37. The summed E-state index contributed by atoms with van der Waals surface area (Å²) in [6.07, 6.45) is 0. The molecule has 0 radical (unpaired) electrons. The molecule has 1 rings (SSSR count). The SMILES string of the molecule is O=NN(CC(Cl)=CCl)c1ccc(N(CC(Cl)=CCl)N=O)cc1. The van der Waals surface area contributed by atoms with E-state index in [2.05, 4.69) is 10.6 Å². The van der Waals surface area contributed by atoms with Gasteiger partial charge in [-0.15, -0.1) is 9.81 Å². The minimum Gasteiger partial charge on any atom is -0.224 e. The molecule has 0 aliphatic carbocycles. The van der Waals surface area contributed by atoms with Gasteiger partial charge in [0, 0.05) is 11.1 Å². The van der Waals surface area contributed by atoms with Crippen LogP contribution < -0.4 is 10.0 Å². The molecule has 0 aromatic heterocycles. The Balaban J connectivity index is 2.92. The summed E-state index contributed by atoms with van der Waals surface area (Å²) in [5.74, 6) is 0. The van der Waals surface area contributed by atoms with Crippen LogP contribution in [0.3, 0.4) is 0 Å². The van der Waals surface area contributed by atoms with Crippen molar-refractivity contribution in [3.05, 3.63) is 55.2 Å². The monoisotopic (exact) mass is 382 g/mol. The van der Waals surface area contributed by atoms with Gasteiger partial charge in [-0.2, -0.15) is 0 Å². The number of hydrogen-bond acceptors (Lipinski definition) is 4. The van der Waals surface area contributed by atoms with Crippen molar-refractivity contribution in [3.63, 3.8) is 0 Å². The predicted octanol–water partition coefficient (Wildman–Crippen LogP) is 5.30. The zero-order valence-corrected chi connectivity index (χ0v) is 14.0. The van der Waals surface area contributed by atoms with Crippen LogP contribution in [0.4, 0.5) is 11.4 Å². The summed E-state index contributed by atoms with van der Waals surface area (Å²) in [6.45, 7) is 0.0642. The highest BCUT2D eigenvalue weighted by Gasteiger charge is 2.12. The average molecular weight is 384 g/mol. The average Bonchev–Trinajstić information content (AvgIpc) is 2.57. The van der Waals surface area contributed by atoms with Gasteiger partial charge in [0.05, 0.1) is 45.1 Å². The largest absolute Gasteiger partial charge is 0.224 e. The number of hydrogen-bond donors (Lipinski definition) is 0. The van der Waals surface area contributed by atoms with E-state index in [-0.39, 0.29) is 23.2 Å². The van der Waals surface area contributed by atoms with Gasteiger partial charge >= 0.3 is 0 Å². The molecule has 0 spiro atoms. The Morgan fingerprint density at radius 3 is 1.41 bits per heavy atom. The maximum Gasteiger partial charge on any atom is 0.0813 e. The zero-order valence-electron chi connectivity index (χ0n) is 11.0. The van der Waals surface area contributed by atoms with Gasteiger partial charge in [-0.25, -0.2) is 10.0 Å². The third kappa shape index (κ3) is 5.46. The second-order valence-electron chi connectivity index (χ2n) is 3.91. The van der Waals surface area contributed by atoms with Crippen LogP contribution in [0.5, 0.6) is 0 Å². The van der Waals surface area contributed by atoms with Crippen molar-refractivity contribution >= 4 is 57.8 Å². The van der Waals surface area contributed by atoms with Crippen molar-refractivity contribution in [3.8, 4) is 0 Å². The van der Waals surface area contributed by atoms with Crippen LogP contribution in [0.15, 0.2) is 56.0 Å². The second-order valence-corrected chi connectivity index (χ2v) is 5.31. The lowest BCUT2D eigenvalue weighted by Crippen LogP contribution is -2.18. The van der Waals surface area contributed by atoms with Crippen molar-refractivity contribution in [2.24, 2.45) is 10.6 Å². The first kappa shape index (κ1) is 18.7. The Bertz CT molecular complexity index is 526. The van der Waals surface area contributed by atoms with Crippen molar-refractivity contribution < 1.29 is 0 Å². The molecule has 0 aliphatic heterocycles. The molecule has 0 saturated heterocycles. The van der Waals surface area contributed by atoms with Crippen LogP contribution in [-0.4, -0.2) is 13.1 Å². The Morgan fingerprint density at radius 1 is 0.864 bits per heavy atom. The molecule has 0 aliphatic rings. The molecule has 0 saturated carbocycles. The molecule has 10 heteroatoms.